The average molecular weight is 209 g/mol. The number of aromatic hydroxyl groups is 1. The summed E-state index contributed by atoms with van der Waals surface area (Å²) in [5.41, 5.74) is 2.23. The van der Waals surface area contributed by atoms with Crippen LogP contribution in [-0.2, 0) is 4.79 Å². The number of phenols is 1. The first-order valence-electron chi connectivity index (χ1n) is 4.62. The third kappa shape index (κ3) is 2.21. The van der Waals surface area contributed by atoms with Gasteiger partial charge in [-0.3, -0.25) is 4.79 Å². The zero-order valence-corrected chi connectivity index (χ0v) is 9.34. The van der Waals surface area contributed by atoms with E-state index in [1.807, 2.05) is 6.92 Å². The Morgan fingerprint density at radius 3 is 2.53 bits per heavy atom. The molecule has 0 radical (unpaired) electrons. The topological polar surface area (TPSA) is 58.6 Å². The number of hydrogen-bond acceptors (Lipinski definition) is 3. The maximum absolute atomic E-state index is 11.0. The molecule has 15 heavy (non-hydrogen) atoms. The van der Waals surface area contributed by atoms with Crippen LogP contribution in [-0.4, -0.2) is 18.1 Å². The predicted molar refractivity (Wildman–Crippen MR) is 58.4 cm³/mol. The van der Waals surface area contributed by atoms with E-state index >= 15 is 0 Å². The lowest BCUT2D eigenvalue weighted by Crippen LogP contribution is -2.09. The number of hydrogen-bond donors (Lipinski definition) is 2. The van der Waals surface area contributed by atoms with Gasteiger partial charge >= 0.3 is 0 Å². The van der Waals surface area contributed by atoms with Crippen LogP contribution < -0.4 is 10.1 Å². The molecule has 1 rings (SSSR count). The van der Waals surface area contributed by atoms with Crippen LogP contribution in [0.2, 0.25) is 0 Å². The Morgan fingerprint density at radius 1 is 1.47 bits per heavy atom. The lowest BCUT2D eigenvalue weighted by atomic mass is 10.1. The maximum atomic E-state index is 11.0. The number of aryl methyl sites for hydroxylation is 1. The Hall–Kier alpha value is -1.71. The molecule has 0 saturated carbocycles. The van der Waals surface area contributed by atoms with E-state index in [-0.39, 0.29) is 11.7 Å². The number of carbonyl (C=O) groups excluding carboxylic acids is 1. The highest BCUT2D eigenvalue weighted by molar-refractivity contribution is 5.91. The Labute approximate surface area is 88.9 Å². The summed E-state index contributed by atoms with van der Waals surface area (Å²) in [5.74, 6) is 0.333. The zero-order chi connectivity index (χ0) is 11.6. The normalized spacial score (nSPS) is 9.87. The summed E-state index contributed by atoms with van der Waals surface area (Å²) in [6, 6.07) is 1.57. The Balaban J connectivity index is 3.32. The fraction of sp³-hybridized carbons (Fsp3) is 0.364. The van der Waals surface area contributed by atoms with E-state index in [0.717, 1.165) is 11.1 Å². The molecule has 0 aromatic heterocycles. The molecule has 4 nitrogen and oxygen atoms in total. The molecule has 0 aliphatic rings. The SMILES string of the molecule is COc1c(O)cc(C)c(NC(C)=O)c1C. The van der Waals surface area contributed by atoms with E-state index in [2.05, 4.69) is 5.32 Å². The number of amides is 1. The quantitative estimate of drug-likeness (QED) is 0.732. The van der Waals surface area contributed by atoms with Gasteiger partial charge in [-0.1, -0.05) is 0 Å². The highest BCUT2D eigenvalue weighted by Crippen LogP contribution is 2.37. The molecule has 0 fully saturated rings. The maximum Gasteiger partial charge on any atom is 0.221 e. The first kappa shape index (κ1) is 11.4. The number of anilines is 1. The zero-order valence-electron chi connectivity index (χ0n) is 9.34. The van der Waals surface area contributed by atoms with Crippen LogP contribution in [0.1, 0.15) is 18.1 Å². The van der Waals surface area contributed by atoms with Gasteiger partial charge in [0.2, 0.25) is 5.91 Å². The molecule has 1 amide bonds. The van der Waals surface area contributed by atoms with Gasteiger partial charge < -0.3 is 15.2 Å². The molecule has 82 valence electrons. The molecule has 0 unspecified atom stereocenters. The summed E-state index contributed by atoms with van der Waals surface area (Å²) in [5, 5.41) is 12.3. The minimum Gasteiger partial charge on any atom is -0.504 e. The van der Waals surface area contributed by atoms with Gasteiger partial charge in [0.05, 0.1) is 12.8 Å². The van der Waals surface area contributed by atoms with Gasteiger partial charge in [-0.2, -0.15) is 0 Å². The molecule has 4 heteroatoms. The number of benzene rings is 1. The number of methoxy groups -OCH3 is 1. The Bertz CT molecular complexity index is 399. The summed E-state index contributed by atoms with van der Waals surface area (Å²) in [6.07, 6.45) is 0. The van der Waals surface area contributed by atoms with E-state index in [1.165, 1.54) is 14.0 Å². The van der Waals surface area contributed by atoms with Gasteiger partial charge in [0.15, 0.2) is 11.5 Å². The van der Waals surface area contributed by atoms with Crippen LogP contribution in [0.4, 0.5) is 5.69 Å². The summed E-state index contributed by atoms with van der Waals surface area (Å²) in [6.45, 7) is 5.05. The lowest BCUT2D eigenvalue weighted by molar-refractivity contribution is -0.114. The summed E-state index contributed by atoms with van der Waals surface area (Å²) < 4.78 is 5.05. The predicted octanol–water partition coefficient (Wildman–Crippen LogP) is 1.98. The number of nitrogens with one attached hydrogen (secondary N) is 1. The number of carbonyl (C=O) groups is 1. The van der Waals surface area contributed by atoms with Crippen molar-refractivity contribution in [3.63, 3.8) is 0 Å². The highest BCUT2D eigenvalue weighted by Gasteiger charge is 2.13. The third-order valence-electron chi connectivity index (χ3n) is 2.20. The van der Waals surface area contributed by atoms with Crippen molar-refractivity contribution in [2.45, 2.75) is 20.8 Å². The van der Waals surface area contributed by atoms with Gasteiger partial charge in [0, 0.05) is 12.5 Å². The van der Waals surface area contributed by atoms with E-state index < -0.39 is 0 Å². The van der Waals surface area contributed by atoms with E-state index in [4.69, 9.17) is 4.74 Å². The largest absolute Gasteiger partial charge is 0.504 e. The van der Waals surface area contributed by atoms with Gasteiger partial charge in [0.25, 0.3) is 0 Å². The monoisotopic (exact) mass is 209 g/mol. The molecule has 0 heterocycles. The number of phenolic OH excluding ortho intramolecular Hbond substituents is 1. The van der Waals surface area contributed by atoms with Crippen molar-refractivity contribution in [1.29, 1.82) is 0 Å². The highest BCUT2D eigenvalue weighted by atomic mass is 16.5. The van der Waals surface area contributed by atoms with Crippen LogP contribution in [0.5, 0.6) is 11.5 Å². The van der Waals surface area contributed by atoms with E-state index in [1.54, 1.807) is 13.0 Å². The second-order valence-corrected chi connectivity index (χ2v) is 3.43. The molecule has 0 aliphatic carbocycles. The van der Waals surface area contributed by atoms with Gasteiger partial charge in [-0.25, -0.2) is 0 Å². The molecular weight excluding hydrogens is 194 g/mol. The minimum atomic E-state index is -0.144. The van der Waals surface area contributed by atoms with Crippen molar-refractivity contribution in [3.8, 4) is 11.5 Å². The molecule has 2 N–H and O–H groups in total. The van der Waals surface area contributed by atoms with Crippen LogP contribution in [0, 0.1) is 13.8 Å². The molecular formula is C11H15NO3. The van der Waals surface area contributed by atoms with Gasteiger partial charge in [-0.05, 0) is 25.5 Å². The second kappa shape index (κ2) is 4.21. The third-order valence-corrected chi connectivity index (χ3v) is 2.20. The average Bonchev–Trinajstić information content (AvgIpc) is 2.12. The van der Waals surface area contributed by atoms with Gasteiger partial charge in [0.1, 0.15) is 0 Å². The molecule has 0 spiro atoms. The standard InChI is InChI=1S/C11H15NO3/c1-6-5-9(14)11(15-4)7(2)10(6)12-8(3)13/h5,14H,1-4H3,(H,12,13). The van der Waals surface area contributed by atoms with E-state index in [0.29, 0.717) is 11.4 Å². The van der Waals surface area contributed by atoms with Crippen molar-refractivity contribution in [2.24, 2.45) is 0 Å². The van der Waals surface area contributed by atoms with Crippen LogP contribution in [0.3, 0.4) is 0 Å². The van der Waals surface area contributed by atoms with Crippen molar-refractivity contribution >= 4 is 11.6 Å². The van der Waals surface area contributed by atoms with E-state index in [9.17, 15) is 9.90 Å². The fourth-order valence-corrected chi connectivity index (χ4v) is 1.57. The van der Waals surface area contributed by atoms with Crippen molar-refractivity contribution in [3.05, 3.63) is 17.2 Å². The Kier molecular flexibility index (Phi) is 3.19. The molecule has 1 aromatic rings. The summed E-state index contributed by atoms with van der Waals surface area (Å²) in [7, 11) is 1.48. The van der Waals surface area contributed by atoms with Crippen molar-refractivity contribution in [1.82, 2.24) is 0 Å². The second-order valence-electron chi connectivity index (χ2n) is 3.43. The minimum absolute atomic E-state index is 0.0848. The number of rotatable bonds is 2. The molecule has 0 atom stereocenters. The fourth-order valence-electron chi connectivity index (χ4n) is 1.57. The van der Waals surface area contributed by atoms with Crippen LogP contribution in [0.25, 0.3) is 0 Å². The van der Waals surface area contributed by atoms with Gasteiger partial charge in [-0.15, -0.1) is 0 Å². The summed E-state index contributed by atoms with van der Waals surface area (Å²) in [4.78, 5) is 11.0. The molecule has 0 aliphatic heterocycles. The van der Waals surface area contributed by atoms with Crippen molar-refractivity contribution in [2.75, 3.05) is 12.4 Å². The number of ether oxygens (including phenoxy) is 1. The molecule has 1 aromatic carbocycles. The lowest BCUT2D eigenvalue weighted by Gasteiger charge is -2.15. The first-order chi connectivity index (χ1) is 6.97. The first-order valence-corrected chi connectivity index (χ1v) is 4.62. The Morgan fingerprint density at radius 2 is 2.07 bits per heavy atom. The smallest absolute Gasteiger partial charge is 0.221 e. The van der Waals surface area contributed by atoms with Crippen LogP contribution >= 0.6 is 0 Å². The van der Waals surface area contributed by atoms with Crippen molar-refractivity contribution < 1.29 is 14.6 Å². The molecule has 0 bridgehead atoms. The molecule has 0 saturated heterocycles. The van der Waals surface area contributed by atoms with Crippen LogP contribution in [0.15, 0.2) is 6.07 Å². The summed E-state index contributed by atoms with van der Waals surface area (Å²) >= 11 is 0.